The molecule has 0 fully saturated rings. The summed E-state index contributed by atoms with van der Waals surface area (Å²) in [5.41, 5.74) is -0.251. The molecule has 0 spiro atoms. The predicted octanol–water partition coefficient (Wildman–Crippen LogP) is 1.16. The van der Waals surface area contributed by atoms with Crippen LogP contribution in [-0.4, -0.2) is 38.3 Å². The number of rotatable bonds is 2. The van der Waals surface area contributed by atoms with Crippen molar-refractivity contribution in [3.63, 3.8) is 0 Å². The summed E-state index contributed by atoms with van der Waals surface area (Å²) in [6, 6.07) is 1.06. The average Bonchev–Trinajstić information content (AvgIpc) is 2.70. The highest BCUT2D eigenvalue weighted by Crippen LogP contribution is 2.23. The molecule has 0 aliphatic carbocycles. The Bertz CT molecular complexity index is 664. The molecule has 3 N–H and O–H groups in total. The van der Waals surface area contributed by atoms with Gasteiger partial charge in [0.1, 0.15) is 5.82 Å². The number of halogens is 3. The van der Waals surface area contributed by atoms with E-state index in [1.54, 1.807) is 5.32 Å². The molecular weight excluding hydrogens is 269 g/mol. The van der Waals surface area contributed by atoms with Gasteiger partial charge < -0.3 is 10.4 Å². The number of hydrogen-bond acceptors (Lipinski definition) is 4. The largest absolute Gasteiger partial charge is 0.478 e. The van der Waals surface area contributed by atoms with Crippen LogP contribution in [0.3, 0.4) is 0 Å². The molecule has 2 rings (SSSR count). The fraction of sp³-hybridized carbons (Fsp3) is 0.111. The van der Waals surface area contributed by atoms with E-state index in [-0.39, 0.29) is 22.4 Å². The molecular formula is C9H5F3N4O3. The highest BCUT2D eigenvalue weighted by atomic mass is 19.4. The van der Waals surface area contributed by atoms with Crippen molar-refractivity contribution >= 4 is 28.7 Å². The predicted molar refractivity (Wildman–Crippen MR) is 55.5 cm³/mol. The maximum absolute atomic E-state index is 12.1. The lowest BCUT2D eigenvalue weighted by Gasteiger charge is -2.05. The number of carbonyl (C=O) groups excluding carboxylic acids is 1. The molecule has 0 aromatic carbocycles. The van der Waals surface area contributed by atoms with Gasteiger partial charge in [0.25, 0.3) is 0 Å². The van der Waals surface area contributed by atoms with E-state index in [1.807, 2.05) is 0 Å². The molecule has 0 aliphatic heterocycles. The number of aromatic carboxylic acids is 1. The first kappa shape index (κ1) is 12.8. The summed E-state index contributed by atoms with van der Waals surface area (Å²) in [5.74, 6) is -3.87. The second kappa shape index (κ2) is 4.23. The molecule has 7 nitrogen and oxygen atoms in total. The summed E-state index contributed by atoms with van der Waals surface area (Å²) in [4.78, 5) is 25.1. The molecule has 0 aliphatic rings. The van der Waals surface area contributed by atoms with Gasteiger partial charge in [-0.2, -0.15) is 18.3 Å². The Balaban J connectivity index is 2.41. The molecule has 0 radical (unpaired) electrons. The van der Waals surface area contributed by atoms with Crippen molar-refractivity contribution in [3.8, 4) is 0 Å². The molecule has 19 heavy (non-hydrogen) atoms. The van der Waals surface area contributed by atoms with Crippen molar-refractivity contribution in [2.45, 2.75) is 6.18 Å². The summed E-state index contributed by atoms with van der Waals surface area (Å²) in [6.45, 7) is 0. The SMILES string of the molecule is O=C(O)c1cnc2n[nH]c(NC(=O)C(F)(F)F)c2c1. The number of hydrogen-bond donors (Lipinski definition) is 3. The number of aromatic nitrogens is 3. The Morgan fingerprint density at radius 3 is 2.63 bits per heavy atom. The molecule has 100 valence electrons. The van der Waals surface area contributed by atoms with Gasteiger partial charge in [0, 0.05) is 6.20 Å². The zero-order valence-corrected chi connectivity index (χ0v) is 8.95. The van der Waals surface area contributed by atoms with Gasteiger partial charge in [0.15, 0.2) is 5.65 Å². The van der Waals surface area contributed by atoms with Gasteiger partial charge in [-0.25, -0.2) is 9.78 Å². The fourth-order valence-corrected chi connectivity index (χ4v) is 1.30. The van der Waals surface area contributed by atoms with E-state index in [2.05, 4.69) is 15.2 Å². The summed E-state index contributed by atoms with van der Waals surface area (Å²) in [6.07, 6.45) is -4.06. The monoisotopic (exact) mass is 274 g/mol. The van der Waals surface area contributed by atoms with E-state index in [0.717, 1.165) is 12.3 Å². The lowest BCUT2D eigenvalue weighted by molar-refractivity contribution is -0.167. The topological polar surface area (TPSA) is 108 Å². The number of aromatic amines is 1. The van der Waals surface area contributed by atoms with Crippen LogP contribution in [0.2, 0.25) is 0 Å². The zero-order valence-electron chi connectivity index (χ0n) is 8.95. The van der Waals surface area contributed by atoms with Gasteiger partial charge in [0.2, 0.25) is 0 Å². The van der Waals surface area contributed by atoms with E-state index in [9.17, 15) is 22.8 Å². The van der Waals surface area contributed by atoms with Crippen molar-refractivity contribution in [3.05, 3.63) is 17.8 Å². The van der Waals surface area contributed by atoms with Gasteiger partial charge >= 0.3 is 18.1 Å². The van der Waals surface area contributed by atoms with Gasteiger partial charge in [-0.3, -0.25) is 9.89 Å². The van der Waals surface area contributed by atoms with Crippen LogP contribution in [0.4, 0.5) is 19.0 Å². The lowest BCUT2D eigenvalue weighted by Crippen LogP contribution is -2.30. The van der Waals surface area contributed by atoms with Crippen molar-refractivity contribution in [1.82, 2.24) is 15.2 Å². The number of nitrogens with zero attached hydrogens (tertiary/aromatic N) is 2. The Hall–Kier alpha value is -2.65. The number of fused-ring (bicyclic) bond motifs is 1. The number of carbonyl (C=O) groups is 2. The van der Waals surface area contributed by atoms with Crippen molar-refractivity contribution in [2.24, 2.45) is 0 Å². The number of alkyl halides is 3. The van der Waals surface area contributed by atoms with E-state index in [4.69, 9.17) is 5.11 Å². The third kappa shape index (κ3) is 2.46. The maximum atomic E-state index is 12.1. The van der Waals surface area contributed by atoms with Crippen LogP contribution < -0.4 is 5.32 Å². The van der Waals surface area contributed by atoms with Gasteiger partial charge in [-0.05, 0) is 6.07 Å². The van der Waals surface area contributed by atoms with Crippen LogP contribution in [0.5, 0.6) is 0 Å². The Morgan fingerprint density at radius 1 is 1.37 bits per heavy atom. The number of H-pyrrole nitrogens is 1. The first-order chi connectivity index (χ1) is 8.79. The number of carboxylic acid groups (broad SMARTS) is 1. The third-order valence-electron chi connectivity index (χ3n) is 2.15. The molecule has 0 unspecified atom stereocenters. The minimum Gasteiger partial charge on any atom is -0.478 e. The van der Waals surface area contributed by atoms with Crippen LogP contribution >= 0.6 is 0 Å². The van der Waals surface area contributed by atoms with E-state index < -0.39 is 18.1 Å². The first-order valence-electron chi connectivity index (χ1n) is 4.74. The molecule has 2 heterocycles. The smallest absolute Gasteiger partial charge is 0.471 e. The number of nitrogens with one attached hydrogen (secondary N) is 2. The fourth-order valence-electron chi connectivity index (χ4n) is 1.30. The molecule has 1 amide bonds. The van der Waals surface area contributed by atoms with Crippen molar-refractivity contribution < 1.29 is 27.9 Å². The van der Waals surface area contributed by atoms with Crippen molar-refractivity contribution in [1.29, 1.82) is 0 Å². The second-order valence-corrected chi connectivity index (χ2v) is 3.45. The number of pyridine rings is 1. The summed E-state index contributed by atoms with van der Waals surface area (Å²) < 4.78 is 36.3. The highest BCUT2D eigenvalue weighted by molar-refractivity contribution is 6.02. The number of carboxylic acids is 1. The molecule has 0 saturated carbocycles. The summed E-state index contributed by atoms with van der Waals surface area (Å²) in [5, 5.41) is 16.0. The molecule has 0 atom stereocenters. The summed E-state index contributed by atoms with van der Waals surface area (Å²) >= 11 is 0. The Labute approximate surface area is 102 Å². The molecule has 0 saturated heterocycles. The Morgan fingerprint density at radius 2 is 2.05 bits per heavy atom. The van der Waals surface area contributed by atoms with Crippen LogP contribution in [0.25, 0.3) is 11.0 Å². The summed E-state index contributed by atoms with van der Waals surface area (Å²) in [7, 11) is 0. The lowest BCUT2D eigenvalue weighted by atomic mass is 10.2. The van der Waals surface area contributed by atoms with E-state index >= 15 is 0 Å². The standard InChI is InChI=1S/C9H5F3N4O3/c10-9(11,12)8(19)14-6-4-1-3(7(17)18)2-13-5(4)15-16-6/h1-2H,(H,17,18)(H2,13,14,15,16,19). The maximum Gasteiger partial charge on any atom is 0.471 e. The van der Waals surface area contributed by atoms with Crippen LogP contribution in [0, 0.1) is 0 Å². The minimum absolute atomic E-state index is 0.0116. The minimum atomic E-state index is -5.06. The van der Waals surface area contributed by atoms with Crippen LogP contribution in [0.1, 0.15) is 10.4 Å². The van der Waals surface area contributed by atoms with Crippen LogP contribution in [0.15, 0.2) is 12.3 Å². The zero-order chi connectivity index (χ0) is 14.2. The van der Waals surface area contributed by atoms with Gasteiger partial charge in [0.05, 0.1) is 10.9 Å². The molecule has 0 bridgehead atoms. The molecule has 2 aromatic heterocycles. The van der Waals surface area contributed by atoms with Crippen LogP contribution in [-0.2, 0) is 4.79 Å². The number of amides is 1. The molecule has 10 heteroatoms. The van der Waals surface area contributed by atoms with Crippen molar-refractivity contribution in [2.75, 3.05) is 5.32 Å². The average molecular weight is 274 g/mol. The van der Waals surface area contributed by atoms with Gasteiger partial charge in [-0.15, -0.1) is 0 Å². The van der Waals surface area contributed by atoms with E-state index in [1.165, 1.54) is 0 Å². The van der Waals surface area contributed by atoms with E-state index in [0.29, 0.717) is 0 Å². The third-order valence-corrected chi connectivity index (χ3v) is 2.15. The molecule has 2 aromatic rings. The normalized spacial score (nSPS) is 11.5. The van der Waals surface area contributed by atoms with Gasteiger partial charge in [-0.1, -0.05) is 0 Å². The first-order valence-corrected chi connectivity index (χ1v) is 4.74. The quantitative estimate of drug-likeness (QED) is 0.761. The highest BCUT2D eigenvalue weighted by Gasteiger charge is 2.39. The number of anilines is 1. The second-order valence-electron chi connectivity index (χ2n) is 3.45. The Kier molecular flexibility index (Phi) is 2.85.